The maximum Gasteiger partial charge on any atom is 0.337 e. The molecule has 2 aromatic carbocycles. The van der Waals surface area contributed by atoms with Gasteiger partial charge < -0.3 is 14.8 Å². The van der Waals surface area contributed by atoms with Crippen LogP contribution in [0.25, 0.3) is 0 Å². The molecule has 0 spiro atoms. The van der Waals surface area contributed by atoms with E-state index in [0.29, 0.717) is 24.4 Å². The average molecular weight is 397 g/mol. The largest absolute Gasteiger partial charge is 0.492 e. The molecule has 1 aliphatic rings. The maximum absolute atomic E-state index is 12.3. The monoisotopic (exact) mass is 397 g/mol. The number of hydrogen-bond acceptors (Lipinski definition) is 6. The molecule has 29 heavy (non-hydrogen) atoms. The standard InChI is InChI=1S/C22H27N3O4/c1-28-22(27)18-7-9-19(10-8-18)23-21(26)17-25-13-11-24(12-14-25)15-16-29-20-5-3-2-4-6-20/h2-10H,11-17H2,1H3,(H,23,26). The van der Waals surface area contributed by atoms with Crippen LogP contribution in [-0.2, 0) is 9.53 Å². The molecular formula is C22H27N3O4. The van der Waals surface area contributed by atoms with Crippen LogP contribution in [-0.4, -0.2) is 74.7 Å². The summed E-state index contributed by atoms with van der Waals surface area (Å²) in [5.41, 5.74) is 1.12. The van der Waals surface area contributed by atoms with Crippen molar-refractivity contribution in [3.05, 3.63) is 60.2 Å². The predicted octanol–water partition coefficient (Wildman–Crippen LogP) is 2.11. The zero-order valence-corrected chi connectivity index (χ0v) is 16.7. The Kier molecular flexibility index (Phi) is 7.61. The zero-order valence-electron chi connectivity index (χ0n) is 16.7. The Bertz CT molecular complexity index is 787. The topological polar surface area (TPSA) is 71.1 Å². The summed E-state index contributed by atoms with van der Waals surface area (Å²) >= 11 is 0. The number of nitrogens with zero attached hydrogens (tertiary/aromatic N) is 2. The van der Waals surface area contributed by atoms with E-state index in [-0.39, 0.29) is 5.91 Å². The summed E-state index contributed by atoms with van der Waals surface area (Å²) in [5, 5.41) is 2.87. The lowest BCUT2D eigenvalue weighted by molar-refractivity contribution is -0.117. The number of ether oxygens (including phenoxy) is 2. The highest BCUT2D eigenvalue weighted by Crippen LogP contribution is 2.11. The van der Waals surface area contributed by atoms with Crippen LogP contribution in [0.4, 0.5) is 5.69 Å². The molecule has 1 fully saturated rings. The van der Waals surface area contributed by atoms with E-state index in [4.69, 9.17) is 4.74 Å². The first-order valence-electron chi connectivity index (χ1n) is 9.75. The minimum Gasteiger partial charge on any atom is -0.492 e. The van der Waals surface area contributed by atoms with Gasteiger partial charge in [-0.05, 0) is 36.4 Å². The van der Waals surface area contributed by atoms with Crippen molar-refractivity contribution in [1.29, 1.82) is 0 Å². The summed E-state index contributed by atoms with van der Waals surface area (Å²) in [4.78, 5) is 28.2. The van der Waals surface area contributed by atoms with Crippen molar-refractivity contribution in [2.75, 3.05) is 58.3 Å². The fourth-order valence-electron chi connectivity index (χ4n) is 3.19. The highest BCUT2D eigenvalue weighted by atomic mass is 16.5. The molecule has 154 valence electrons. The Hall–Kier alpha value is -2.90. The predicted molar refractivity (Wildman–Crippen MR) is 111 cm³/mol. The number of amides is 1. The molecule has 1 N–H and O–H groups in total. The van der Waals surface area contributed by atoms with Gasteiger partial charge in [0.2, 0.25) is 5.91 Å². The number of methoxy groups -OCH3 is 1. The van der Waals surface area contributed by atoms with Crippen LogP contribution in [0.5, 0.6) is 5.75 Å². The van der Waals surface area contributed by atoms with E-state index >= 15 is 0 Å². The first-order chi connectivity index (χ1) is 14.1. The highest BCUT2D eigenvalue weighted by molar-refractivity contribution is 5.93. The molecule has 0 radical (unpaired) electrons. The number of benzene rings is 2. The normalized spacial score (nSPS) is 14.9. The quantitative estimate of drug-likeness (QED) is 0.688. The molecule has 0 unspecified atom stereocenters. The number of rotatable bonds is 8. The Morgan fingerprint density at radius 2 is 1.59 bits per heavy atom. The molecule has 3 rings (SSSR count). The van der Waals surface area contributed by atoms with Gasteiger partial charge in [0, 0.05) is 38.4 Å². The summed E-state index contributed by atoms with van der Waals surface area (Å²) in [5.74, 6) is 0.439. The van der Waals surface area contributed by atoms with E-state index in [1.54, 1.807) is 24.3 Å². The summed E-state index contributed by atoms with van der Waals surface area (Å²) in [6.45, 7) is 5.42. The van der Waals surface area contributed by atoms with Crippen LogP contribution in [0, 0.1) is 0 Å². The Morgan fingerprint density at radius 3 is 2.24 bits per heavy atom. The zero-order chi connectivity index (χ0) is 20.5. The number of piperazine rings is 1. The Morgan fingerprint density at radius 1 is 0.931 bits per heavy atom. The molecule has 1 aliphatic heterocycles. The fraction of sp³-hybridized carbons (Fsp3) is 0.364. The van der Waals surface area contributed by atoms with Crippen LogP contribution in [0.3, 0.4) is 0 Å². The van der Waals surface area contributed by atoms with Crippen LogP contribution in [0.2, 0.25) is 0 Å². The third kappa shape index (κ3) is 6.58. The van der Waals surface area contributed by atoms with Crippen molar-refractivity contribution < 1.29 is 19.1 Å². The van der Waals surface area contributed by atoms with Crippen molar-refractivity contribution in [2.24, 2.45) is 0 Å². The van der Waals surface area contributed by atoms with Gasteiger partial charge in [-0.3, -0.25) is 14.6 Å². The molecule has 1 amide bonds. The molecule has 7 nitrogen and oxygen atoms in total. The van der Waals surface area contributed by atoms with Crippen molar-refractivity contribution in [3.8, 4) is 5.75 Å². The van der Waals surface area contributed by atoms with Gasteiger partial charge in [0.15, 0.2) is 0 Å². The second kappa shape index (κ2) is 10.6. The third-order valence-electron chi connectivity index (χ3n) is 4.84. The van der Waals surface area contributed by atoms with Crippen molar-refractivity contribution in [3.63, 3.8) is 0 Å². The molecule has 1 saturated heterocycles. The molecule has 0 atom stereocenters. The lowest BCUT2D eigenvalue weighted by Crippen LogP contribution is -2.49. The fourth-order valence-corrected chi connectivity index (χ4v) is 3.19. The van der Waals surface area contributed by atoms with Gasteiger partial charge in [-0.2, -0.15) is 0 Å². The van der Waals surface area contributed by atoms with Gasteiger partial charge in [0.25, 0.3) is 0 Å². The van der Waals surface area contributed by atoms with E-state index < -0.39 is 5.97 Å². The molecule has 0 aromatic heterocycles. The summed E-state index contributed by atoms with van der Waals surface area (Å²) < 4.78 is 10.4. The van der Waals surface area contributed by atoms with E-state index in [0.717, 1.165) is 38.5 Å². The Balaban J connectivity index is 1.34. The average Bonchev–Trinajstić information content (AvgIpc) is 2.75. The van der Waals surface area contributed by atoms with Gasteiger partial charge in [-0.15, -0.1) is 0 Å². The van der Waals surface area contributed by atoms with Crippen molar-refractivity contribution in [2.45, 2.75) is 0 Å². The number of para-hydroxylation sites is 1. The molecule has 2 aromatic rings. The minimum absolute atomic E-state index is 0.0586. The van der Waals surface area contributed by atoms with Crippen LogP contribution in [0.15, 0.2) is 54.6 Å². The summed E-state index contributed by atoms with van der Waals surface area (Å²) in [6, 6.07) is 16.5. The number of carbonyl (C=O) groups is 2. The number of nitrogens with one attached hydrogen (secondary N) is 1. The molecule has 0 aliphatic carbocycles. The summed E-state index contributed by atoms with van der Waals surface area (Å²) in [7, 11) is 1.34. The SMILES string of the molecule is COC(=O)c1ccc(NC(=O)CN2CCN(CCOc3ccccc3)CC2)cc1. The maximum atomic E-state index is 12.3. The smallest absolute Gasteiger partial charge is 0.337 e. The van der Waals surface area contributed by atoms with Crippen molar-refractivity contribution >= 4 is 17.6 Å². The highest BCUT2D eigenvalue weighted by Gasteiger charge is 2.19. The number of hydrogen-bond donors (Lipinski definition) is 1. The van der Waals surface area contributed by atoms with Crippen LogP contribution < -0.4 is 10.1 Å². The van der Waals surface area contributed by atoms with Gasteiger partial charge in [-0.1, -0.05) is 18.2 Å². The van der Waals surface area contributed by atoms with E-state index in [9.17, 15) is 9.59 Å². The van der Waals surface area contributed by atoms with E-state index in [1.165, 1.54) is 7.11 Å². The minimum atomic E-state index is -0.394. The van der Waals surface area contributed by atoms with E-state index in [1.807, 2.05) is 30.3 Å². The Labute approximate surface area is 171 Å². The molecule has 7 heteroatoms. The second-order valence-corrected chi connectivity index (χ2v) is 6.90. The second-order valence-electron chi connectivity index (χ2n) is 6.90. The van der Waals surface area contributed by atoms with Gasteiger partial charge in [-0.25, -0.2) is 4.79 Å². The van der Waals surface area contributed by atoms with Gasteiger partial charge in [0.1, 0.15) is 12.4 Å². The van der Waals surface area contributed by atoms with E-state index in [2.05, 4.69) is 19.9 Å². The first-order valence-corrected chi connectivity index (χ1v) is 9.75. The van der Waals surface area contributed by atoms with Gasteiger partial charge in [0.05, 0.1) is 19.2 Å². The lowest BCUT2D eigenvalue weighted by Gasteiger charge is -2.34. The number of anilines is 1. The molecular weight excluding hydrogens is 370 g/mol. The molecule has 0 saturated carbocycles. The van der Waals surface area contributed by atoms with Crippen LogP contribution in [0.1, 0.15) is 10.4 Å². The van der Waals surface area contributed by atoms with Crippen LogP contribution >= 0.6 is 0 Å². The number of esters is 1. The molecule has 0 bridgehead atoms. The lowest BCUT2D eigenvalue weighted by atomic mass is 10.2. The van der Waals surface area contributed by atoms with Crippen molar-refractivity contribution in [1.82, 2.24) is 9.80 Å². The number of carbonyl (C=O) groups excluding carboxylic acids is 2. The molecule has 1 heterocycles. The van der Waals surface area contributed by atoms with Gasteiger partial charge >= 0.3 is 5.97 Å². The summed E-state index contributed by atoms with van der Waals surface area (Å²) in [6.07, 6.45) is 0. The third-order valence-corrected chi connectivity index (χ3v) is 4.84. The first kappa shape index (κ1) is 20.8.